The third kappa shape index (κ3) is 6.62. The molecule has 150 valence electrons. The minimum absolute atomic E-state index is 0.0552. The van der Waals surface area contributed by atoms with Gasteiger partial charge in [-0.1, -0.05) is 4.98 Å². The Bertz CT molecular complexity index is 697. The Labute approximate surface area is 156 Å². The minimum atomic E-state index is -1.01. The van der Waals surface area contributed by atoms with Crippen LogP contribution < -0.4 is 10.8 Å². The number of nitrogens with one attached hydrogen (secondary N) is 2. The largest absolute Gasteiger partial charge is 0.434 e. The highest BCUT2D eigenvalue weighted by Crippen LogP contribution is 2.12. The van der Waals surface area contributed by atoms with Crippen molar-refractivity contribution in [2.75, 3.05) is 13.2 Å². The first kappa shape index (κ1) is 22.5. The van der Waals surface area contributed by atoms with Crippen molar-refractivity contribution in [1.82, 2.24) is 20.3 Å². The van der Waals surface area contributed by atoms with Gasteiger partial charge in [0.05, 0.1) is 24.2 Å². The number of nitrogens with zero attached hydrogens (tertiary/aromatic N) is 3. The number of ketones is 2. The van der Waals surface area contributed by atoms with Crippen LogP contribution in [0.4, 0.5) is 5.95 Å². The van der Waals surface area contributed by atoms with Crippen molar-refractivity contribution in [3.8, 4) is 0 Å². The maximum atomic E-state index is 12.3. The van der Waals surface area contributed by atoms with Crippen LogP contribution in [-0.2, 0) is 25.8 Å². The number of hydrogen-bond donors (Lipinski definition) is 2. The van der Waals surface area contributed by atoms with Gasteiger partial charge in [0.15, 0.2) is 12.1 Å². The van der Waals surface area contributed by atoms with Gasteiger partial charge in [0.1, 0.15) is 12.4 Å². The summed E-state index contributed by atoms with van der Waals surface area (Å²) in [5.41, 5.74) is 0.652. The van der Waals surface area contributed by atoms with E-state index >= 15 is 0 Å². The van der Waals surface area contributed by atoms with Crippen LogP contribution in [0.25, 0.3) is 0 Å². The second kappa shape index (κ2) is 9.44. The van der Waals surface area contributed by atoms with E-state index < -0.39 is 21.8 Å². The first-order valence-corrected chi connectivity index (χ1v) is 8.33. The highest BCUT2D eigenvalue weighted by molar-refractivity contribution is 6.29. The molecule has 0 saturated heterocycles. The van der Waals surface area contributed by atoms with E-state index in [0.717, 1.165) is 0 Å². The summed E-state index contributed by atoms with van der Waals surface area (Å²) in [6.45, 7) is 6.99. The molecule has 1 heterocycles. The lowest BCUT2D eigenvalue weighted by molar-refractivity contribution is -0.396. The topological polar surface area (TPSA) is 145 Å². The number of rotatable bonds is 13. The summed E-state index contributed by atoms with van der Waals surface area (Å²) < 4.78 is 1.30. The number of Topliss-reactive ketones (excluding diaryl/α,β-unsaturated/α-hetero) is 2. The third-order valence-electron chi connectivity index (χ3n) is 3.96. The quantitative estimate of drug-likeness (QED) is 0.160. The van der Waals surface area contributed by atoms with Gasteiger partial charge < -0.3 is 15.4 Å². The van der Waals surface area contributed by atoms with Crippen LogP contribution in [0.15, 0.2) is 12.4 Å². The van der Waals surface area contributed by atoms with E-state index in [2.05, 4.69) is 15.8 Å². The van der Waals surface area contributed by atoms with Crippen molar-refractivity contribution in [2.45, 2.75) is 51.7 Å². The molecule has 27 heavy (non-hydrogen) atoms. The second-order valence-corrected chi connectivity index (χ2v) is 6.96. The van der Waals surface area contributed by atoms with Crippen molar-refractivity contribution in [3.05, 3.63) is 22.5 Å². The van der Waals surface area contributed by atoms with Crippen molar-refractivity contribution in [1.29, 1.82) is 0 Å². The highest BCUT2D eigenvalue weighted by Gasteiger charge is 2.29. The first-order chi connectivity index (χ1) is 12.5. The van der Waals surface area contributed by atoms with Crippen LogP contribution in [0.1, 0.15) is 34.1 Å². The smallest absolute Gasteiger partial charge is 0.390 e. The molecule has 2 N–H and O–H groups in total. The van der Waals surface area contributed by atoms with E-state index in [1.54, 1.807) is 27.7 Å². The van der Waals surface area contributed by atoms with Gasteiger partial charge in [-0.2, -0.15) is 5.48 Å². The summed E-state index contributed by atoms with van der Waals surface area (Å²) in [6.07, 6.45) is 3.06. The molecule has 0 aliphatic rings. The predicted molar refractivity (Wildman–Crippen MR) is 94.8 cm³/mol. The lowest BCUT2D eigenvalue weighted by Crippen LogP contribution is -2.50. The third-order valence-corrected chi connectivity index (χ3v) is 3.96. The molecule has 0 unspecified atom stereocenters. The fraction of sp³-hybridized carbons (Fsp3) is 0.625. The average Bonchev–Trinajstić information content (AvgIpc) is 3.07. The maximum Gasteiger partial charge on any atom is 0.434 e. The molecule has 0 amide bonds. The standard InChI is InChI=1S/C16H25N5O6/c1-15(2,13(24)11-22)18-7-10-27-19-16(3,4)12(23)5-8-20-9-6-17-14(20)21(25)26/h6,9,11,18-19H,5,7-8,10H2,1-4H3. The summed E-state index contributed by atoms with van der Waals surface area (Å²) in [4.78, 5) is 53.4. The van der Waals surface area contributed by atoms with Crippen molar-refractivity contribution in [3.63, 3.8) is 0 Å². The summed E-state index contributed by atoms with van der Waals surface area (Å²) in [5.74, 6) is -1.09. The lowest BCUT2D eigenvalue weighted by Gasteiger charge is -2.25. The van der Waals surface area contributed by atoms with Crippen LogP contribution in [0.3, 0.4) is 0 Å². The SMILES string of the molecule is CC(C)(NCCONC(C)(C)C(=O)CCn1ccnc1[N+](=O)[O-])C(=O)C=O. The van der Waals surface area contributed by atoms with Crippen LogP contribution >= 0.6 is 0 Å². The molecule has 11 heteroatoms. The van der Waals surface area contributed by atoms with Crippen LogP contribution in [0.2, 0.25) is 0 Å². The molecule has 0 aliphatic heterocycles. The Morgan fingerprint density at radius 3 is 2.59 bits per heavy atom. The van der Waals surface area contributed by atoms with Gasteiger partial charge in [-0.25, -0.2) is 4.57 Å². The first-order valence-electron chi connectivity index (χ1n) is 8.33. The zero-order valence-corrected chi connectivity index (χ0v) is 15.9. The summed E-state index contributed by atoms with van der Waals surface area (Å²) >= 11 is 0. The Morgan fingerprint density at radius 1 is 1.33 bits per heavy atom. The van der Waals surface area contributed by atoms with E-state index in [0.29, 0.717) is 0 Å². The predicted octanol–water partition coefficient (Wildman–Crippen LogP) is 0.187. The van der Waals surface area contributed by atoms with Gasteiger partial charge in [0.2, 0.25) is 5.78 Å². The zero-order chi connectivity index (χ0) is 20.7. The molecule has 0 saturated carbocycles. The Balaban J connectivity index is 2.40. The molecule has 0 aliphatic carbocycles. The van der Waals surface area contributed by atoms with E-state index in [1.165, 1.54) is 17.0 Å². The van der Waals surface area contributed by atoms with Crippen LogP contribution in [0.5, 0.6) is 0 Å². The molecule has 11 nitrogen and oxygen atoms in total. The number of hydrogen-bond acceptors (Lipinski definition) is 9. The number of aryl methyl sites for hydroxylation is 1. The highest BCUT2D eigenvalue weighted by atomic mass is 16.6. The molecule has 1 rings (SSSR count). The van der Waals surface area contributed by atoms with Crippen molar-refractivity contribution < 1.29 is 24.1 Å². The molecular formula is C16H25N5O6. The van der Waals surface area contributed by atoms with E-state index in [4.69, 9.17) is 4.84 Å². The van der Waals surface area contributed by atoms with Crippen LogP contribution in [-0.4, -0.2) is 56.6 Å². The Hall–Kier alpha value is -2.50. The molecule has 0 bridgehead atoms. The summed E-state index contributed by atoms with van der Waals surface area (Å²) in [7, 11) is 0. The van der Waals surface area contributed by atoms with E-state index in [1.807, 2.05) is 0 Å². The number of carbonyl (C=O) groups is 3. The maximum absolute atomic E-state index is 12.3. The Kier molecular flexibility index (Phi) is 7.88. The zero-order valence-electron chi connectivity index (χ0n) is 15.9. The average molecular weight is 383 g/mol. The number of aromatic nitrogens is 2. The normalized spacial score (nSPS) is 12.0. The number of imidazole rings is 1. The van der Waals surface area contributed by atoms with Gasteiger partial charge in [-0.3, -0.25) is 19.2 Å². The molecule has 1 aromatic rings. The monoisotopic (exact) mass is 383 g/mol. The summed E-state index contributed by atoms with van der Waals surface area (Å²) in [5, 5.41) is 13.7. The molecule has 0 aromatic carbocycles. The molecule has 0 radical (unpaired) electrons. The molecule has 0 spiro atoms. The summed E-state index contributed by atoms with van der Waals surface area (Å²) in [6, 6.07) is 0. The fourth-order valence-electron chi connectivity index (χ4n) is 2.12. The van der Waals surface area contributed by atoms with Crippen LogP contribution in [0, 0.1) is 10.1 Å². The van der Waals surface area contributed by atoms with E-state index in [9.17, 15) is 24.5 Å². The molecule has 0 fully saturated rings. The number of aldehydes is 1. The lowest BCUT2D eigenvalue weighted by atomic mass is 9.98. The van der Waals surface area contributed by atoms with Gasteiger partial charge >= 0.3 is 5.95 Å². The number of nitro groups is 1. The Morgan fingerprint density at radius 2 is 2.00 bits per heavy atom. The van der Waals surface area contributed by atoms with E-state index in [-0.39, 0.29) is 44.1 Å². The molecule has 0 atom stereocenters. The minimum Gasteiger partial charge on any atom is -0.390 e. The van der Waals surface area contributed by atoms with Crippen molar-refractivity contribution in [2.24, 2.45) is 0 Å². The van der Waals surface area contributed by atoms with Gasteiger partial charge in [0.25, 0.3) is 0 Å². The number of hydroxylamine groups is 1. The number of carbonyl (C=O) groups excluding carboxylic acids is 3. The van der Waals surface area contributed by atoms with Gasteiger partial charge in [0, 0.05) is 13.0 Å². The fourth-order valence-corrected chi connectivity index (χ4v) is 2.12. The van der Waals surface area contributed by atoms with Gasteiger partial charge in [-0.15, -0.1) is 0 Å². The van der Waals surface area contributed by atoms with Gasteiger partial charge in [-0.05, 0) is 32.6 Å². The second-order valence-electron chi connectivity index (χ2n) is 6.96. The van der Waals surface area contributed by atoms with Crippen molar-refractivity contribution >= 4 is 23.8 Å². The molecular weight excluding hydrogens is 358 g/mol. The molecule has 1 aromatic heterocycles.